The van der Waals surface area contributed by atoms with E-state index in [1.807, 2.05) is 26.8 Å². The predicted octanol–water partition coefficient (Wildman–Crippen LogP) is 1.67. The molecule has 0 radical (unpaired) electrons. The Bertz CT molecular complexity index is 457. The minimum absolute atomic E-state index is 0.00422. The molecule has 0 bridgehead atoms. The Kier molecular flexibility index (Phi) is 4.67. The predicted molar refractivity (Wildman–Crippen MR) is 70.0 cm³/mol. The summed E-state index contributed by atoms with van der Waals surface area (Å²) < 4.78 is 0. The zero-order valence-corrected chi connectivity index (χ0v) is 10.9. The van der Waals surface area contributed by atoms with Gasteiger partial charge < -0.3 is 10.6 Å². The average molecular weight is 246 g/mol. The third-order valence-electron chi connectivity index (χ3n) is 2.07. The van der Waals surface area contributed by atoms with Gasteiger partial charge in [0.15, 0.2) is 0 Å². The van der Waals surface area contributed by atoms with E-state index in [4.69, 9.17) is 5.26 Å². The highest BCUT2D eigenvalue weighted by Gasteiger charge is 2.12. The standard InChI is InChI=1S/C13H18N4O/c1-13(2,3)17-12(18)5-7-15-10-4-6-16-11(8-10)9-14/h4,6,8H,5,7H2,1-3H3,(H,15,16)(H,17,18). The van der Waals surface area contributed by atoms with Crippen molar-refractivity contribution >= 4 is 11.6 Å². The van der Waals surface area contributed by atoms with Crippen LogP contribution < -0.4 is 10.6 Å². The average Bonchev–Trinajstić information content (AvgIpc) is 2.27. The molecule has 0 aliphatic heterocycles. The zero-order chi connectivity index (χ0) is 13.6. The Morgan fingerprint density at radius 2 is 2.22 bits per heavy atom. The summed E-state index contributed by atoms with van der Waals surface area (Å²) in [5.41, 5.74) is 0.950. The summed E-state index contributed by atoms with van der Waals surface area (Å²) >= 11 is 0. The lowest BCUT2D eigenvalue weighted by atomic mass is 10.1. The Morgan fingerprint density at radius 3 is 2.83 bits per heavy atom. The van der Waals surface area contributed by atoms with Gasteiger partial charge >= 0.3 is 0 Å². The lowest BCUT2D eigenvalue weighted by Gasteiger charge is -2.20. The Hall–Kier alpha value is -2.09. The molecule has 1 aromatic rings. The molecule has 5 nitrogen and oxygen atoms in total. The second kappa shape index (κ2) is 6.01. The number of rotatable bonds is 4. The molecule has 96 valence electrons. The first-order valence-corrected chi connectivity index (χ1v) is 5.82. The summed E-state index contributed by atoms with van der Waals surface area (Å²) in [4.78, 5) is 15.4. The summed E-state index contributed by atoms with van der Waals surface area (Å²) in [6, 6.07) is 5.39. The van der Waals surface area contributed by atoms with Crippen LogP contribution in [0.2, 0.25) is 0 Å². The Morgan fingerprint density at radius 1 is 1.50 bits per heavy atom. The zero-order valence-electron chi connectivity index (χ0n) is 10.9. The minimum Gasteiger partial charge on any atom is -0.384 e. The number of anilines is 1. The fourth-order valence-corrected chi connectivity index (χ4v) is 1.40. The third-order valence-corrected chi connectivity index (χ3v) is 2.07. The van der Waals surface area contributed by atoms with Crippen LogP contribution in [0, 0.1) is 11.3 Å². The molecule has 0 aliphatic carbocycles. The van der Waals surface area contributed by atoms with Gasteiger partial charge in [-0.15, -0.1) is 0 Å². The SMILES string of the molecule is CC(C)(C)NC(=O)CCNc1ccnc(C#N)c1. The maximum atomic E-state index is 11.6. The molecule has 0 saturated carbocycles. The highest BCUT2D eigenvalue weighted by Crippen LogP contribution is 2.07. The van der Waals surface area contributed by atoms with Crippen molar-refractivity contribution in [1.29, 1.82) is 5.26 Å². The molecule has 5 heteroatoms. The molecule has 1 rings (SSSR count). The van der Waals surface area contributed by atoms with Crippen LogP contribution in [-0.2, 0) is 4.79 Å². The van der Waals surface area contributed by atoms with Gasteiger partial charge in [0.1, 0.15) is 11.8 Å². The van der Waals surface area contributed by atoms with E-state index in [1.165, 1.54) is 0 Å². The molecule has 0 saturated heterocycles. The van der Waals surface area contributed by atoms with Crippen molar-refractivity contribution in [1.82, 2.24) is 10.3 Å². The molecule has 0 aromatic carbocycles. The number of pyridine rings is 1. The van der Waals surface area contributed by atoms with E-state index < -0.39 is 0 Å². The van der Waals surface area contributed by atoms with Gasteiger partial charge in [-0.25, -0.2) is 4.98 Å². The molecule has 0 atom stereocenters. The Balaban J connectivity index is 2.38. The van der Waals surface area contributed by atoms with Gasteiger partial charge in [0, 0.05) is 30.4 Å². The number of nitriles is 1. The van der Waals surface area contributed by atoms with Gasteiger partial charge in [0.05, 0.1) is 0 Å². The van der Waals surface area contributed by atoms with E-state index >= 15 is 0 Å². The molecule has 1 aromatic heterocycles. The first-order chi connectivity index (χ1) is 8.40. The van der Waals surface area contributed by atoms with Gasteiger partial charge in [0.2, 0.25) is 5.91 Å². The maximum Gasteiger partial charge on any atom is 0.222 e. The molecule has 2 N–H and O–H groups in total. The van der Waals surface area contributed by atoms with Crippen molar-refractivity contribution in [2.75, 3.05) is 11.9 Å². The van der Waals surface area contributed by atoms with Gasteiger partial charge in [-0.2, -0.15) is 5.26 Å². The van der Waals surface area contributed by atoms with Crippen LogP contribution in [0.5, 0.6) is 0 Å². The normalized spacial score (nSPS) is 10.6. The molecule has 18 heavy (non-hydrogen) atoms. The lowest BCUT2D eigenvalue weighted by Crippen LogP contribution is -2.41. The first kappa shape index (κ1) is 14.0. The summed E-state index contributed by atoms with van der Waals surface area (Å²) in [6.45, 7) is 6.36. The number of nitrogens with one attached hydrogen (secondary N) is 2. The monoisotopic (exact) mass is 246 g/mol. The number of aromatic nitrogens is 1. The molecule has 1 heterocycles. The number of hydrogen-bond donors (Lipinski definition) is 2. The number of nitrogens with zero attached hydrogens (tertiary/aromatic N) is 2. The lowest BCUT2D eigenvalue weighted by molar-refractivity contribution is -0.122. The van der Waals surface area contributed by atoms with Crippen molar-refractivity contribution in [3.63, 3.8) is 0 Å². The molecular formula is C13H18N4O. The minimum atomic E-state index is -0.207. The van der Waals surface area contributed by atoms with Crippen molar-refractivity contribution in [3.05, 3.63) is 24.0 Å². The number of carbonyl (C=O) groups is 1. The van der Waals surface area contributed by atoms with E-state index in [9.17, 15) is 4.79 Å². The summed E-state index contributed by atoms with van der Waals surface area (Å²) in [7, 11) is 0. The van der Waals surface area contributed by atoms with Crippen molar-refractivity contribution in [2.45, 2.75) is 32.7 Å². The number of amides is 1. The van der Waals surface area contributed by atoms with Crippen molar-refractivity contribution < 1.29 is 4.79 Å². The molecular weight excluding hydrogens is 228 g/mol. The quantitative estimate of drug-likeness (QED) is 0.847. The Labute approximate surface area is 107 Å². The van der Waals surface area contributed by atoms with Crippen LogP contribution in [0.3, 0.4) is 0 Å². The van der Waals surface area contributed by atoms with Gasteiger partial charge in [-0.05, 0) is 32.9 Å². The van der Waals surface area contributed by atoms with E-state index in [1.54, 1.807) is 18.3 Å². The first-order valence-electron chi connectivity index (χ1n) is 5.82. The second-order valence-corrected chi connectivity index (χ2v) is 5.02. The van der Waals surface area contributed by atoms with Gasteiger partial charge in [0.25, 0.3) is 0 Å². The van der Waals surface area contributed by atoms with Crippen LogP contribution in [0.4, 0.5) is 5.69 Å². The van der Waals surface area contributed by atoms with Crippen LogP contribution in [0.15, 0.2) is 18.3 Å². The smallest absolute Gasteiger partial charge is 0.222 e. The largest absolute Gasteiger partial charge is 0.384 e. The van der Waals surface area contributed by atoms with E-state index in [0.717, 1.165) is 5.69 Å². The van der Waals surface area contributed by atoms with Gasteiger partial charge in [-0.1, -0.05) is 0 Å². The fraction of sp³-hybridized carbons (Fsp3) is 0.462. The van der Waals surface area contributed by atoms with Crippen molar-refractivity contribution in [2.24, 2.45) is 0 Å². The maximum absolute atomic E-state index is 11.6. The highest BCUT2D eigenvalue weighted by atomic mass is 16.1. The molecule has 0 spiro atoms. The fourth-order valence-electron chi connectivity index (χ4n) is 1.40. The van der Waals surface area contributed by atoms with E-state index in [0.29, 0.717) is 18.7 Å². The topological polar surface area (TPSA) is 77.8 Å². The van der Waals surface area contributed by atoms with Crippen LogP contribution in [-0.4, -0.2) is 23.0 Å². The summed E-state index contributed by atoms with van der Waals surface area (Å²) in [5.74, 6) is 0.00422. The molecule has 0 fully saturated rings. The van der Waals surface area contributed by atoms with Crippen LogP contribution in [0.25, 0.3) is 0 Å². The van der Waals surface area contributed by atoms with Crippen molar-refractivity contribution in [3.8, 4) is 6.07 Å². The number of carbonyl (C=O) groups excluding carboxylic acids is 1. The molecule has 0 unspecified atom stereocenters. The molecule has 1 amide bonds. The highest BCUT2D eigenvalue weighted by molar-refractivity contribution is 5.77. The van der Waals surface area contributed by atoms with E-state index in [-0.39, 0.29) is 11.4 Å². The number of hydrogen-bond acceptors (Lipinski definition) is 4. The van der Waals surface area contributed by atoms with Crippen LogP contribution >= 0.6 is 0 Å². The second-order valence-electron chi connectivity index (χ2n) is 5.02. The van der Waals surface area contributed by atoms with Crippen LogP contribution in [0.1, 0.15) is 32.9 Å². The van der Waals surface area contributed by atoms with Gasteiger partial charge in [-0.3, -0.25) is 4.79 Å². The molecule has 0 aliphatic rings. The van der Waals surface area contributed by atoms with E-state index in [2.05, 4.69) is 15.6 Å². The summed E-state index contributed by atoms with van der Waals surface area (Å²) in [5, 5.41) is 14.7. The summed E-state index contributed by atoms with van der Waals surface area (Å²) in [6.07, 6.45) is 1.96. The third kappa shape index (κ3) is 5.30.